The number of nitro groups is 1. The van der Waals surface area contributed by atoms with Gasteiger partial charge in [-0.25, -0.2) is 4.79 Å². The number of aliphatic hydroxyl groups is 2. The van der Waals surface area contributed by atoms with Gasteiger partial charge in [-0.05, 0) is 12.1 Å². The number of hydrogen-bond donors (Lipinski definition) is 2. The van der Waals surface area contributed by atoms with Crippen LogP contribution in [0.1, 0.15) is 10.4 Å². The fourth-order valence-electron chi connectivity index (χ4n) is 2.08. The third-order valence-electron chi connectivity index (χ3n) is 3.26. The van der Waals surface area contributed by atoms with Crippen LogP contribution in [-0.4, -0.2) is 59.4 Å². The zero-order valence-electron chi connectivity index (χ0n) is 11.6. The molecule has 0 aromatic heterocycles. The minimum atomic E-state index is -1.24. The Morgan fingerprint density at radius 3 is 2.55 bits per heavy atom. The number of aliphatic hydroxyl groups excluding tert-OH is 2. The third-order valence-corrected chi connectivity index (χ3v) is 3.26. The summed E-state index contributed by atoms with van der Waals surface area (Å²) in [7, 11) is 1.31. The highest BCUT2D eigenvalue weighted by molar-refractivity contribution is 5.89. The molecule has 2 N–H and O–H groups in total. The Balaban J connectivity index is 2.08. The van der Waals surface area contributed by atoms with Crippen LogP contribution in [0.4, 0.5) is 5.69 Å². The van der Waals surface area contributed by atoms with Gasteiger partial charge in [0.1, 0.15) is 12.2 Å². The molecule has 1 aliphatic heterocycles. The van der Waals surface area contributed by atoms with Crippen LogP contribution in [0.2, 0.25) is 0 Å². The molecule has 9 heteroatoms. The summed E-state index contributed by atoms with van der Waals surface area (Å²) in [6, 6.07) is 4.83. The quantitative estimate of drug-likeness (QED) is 0.436. The van der Waals surface area contributed by atoms with Crippen molar-refractivity contribution in [2.24, 2.45) is 0 Å². The SMILES string of the molecule is CO[C@H]1O[C@H](CO)[C@H](O)[C@H]1OC(=O)c1ccc([N+](=O)[O-])cc1. The molecule has 1 saturated heterocycles. The molecule has 0 bridgehead atoms. The summed E-state index contributed by atoms with van der Waals surface area (Å²) in [5, 5.41) is 29.5. The standard InChI is InChI=1S/C13H15NO8/c1-20-13-11(10(16)9(6-15)21-13)22-12(17)7-2-4-8(5-3-7)14(18)19/h2-5,9-11,13,15-16H,6H2,1H3/t9-,10+,11-,13+/m1/s1. The Hall–Kier alpha value is -2.07. The molecule has 2 rings (SSSR count). The van der Waals surface area contributed by atoms with Gasteiger partial charge >= 0.3 is 5.97 Å². The minimum absolute atomic E-state index is 0.0834. The van der Waals surface area contributed by atoms with Gasteiger partial charge in [0.05, 0.1) is 17.1 Å². The summed E-state index contributed by atoms with van der Waals surface area (Å²) >= 11 is 0. The van der Waals surface area contributed by atoms with Crippen molar-refractivity contribution in [2.75, 3.05) is 13.7 Å². The van der Waals surface area contributed by atoms with Crippen molar-refractivity contribution in [1.29, 1.82) is 0 Å². The first-order chi connectivity index (χ1) is 10.5. The molecule has 0 saturated carbocycles. The van der Waals surface area contributed by atoms with Crippen LogP contribution in [0.3, 0.4) is 0 Å². The summed E-state index contributed by atoms with van der Waals surface area (Å²) in [4.78, 5) is 22.0. The molecule has 0 spiro atoms. The van der Waals surface area contributed by atoms with Gasteiger partial charge in [0, 0.05) is 19.2 Å². The number of methoxy groups -OCH3 is 1. The summed E-state index contributed by atoms with van der Waals surface area (Å²) in [5.74, 6) is -0.789. The Morgan fingerprint density at radius 2 is 2.05 bits per heavy atom. The van der Waals surface area contributed by atoms with Crippen molar-refractivity contribution in [2.45, 2.75) is 24.6 Å². The van der Waals surface area contributed by atoms with Gasteiger partial charge < -0.3 is 24.4 Å². The lowest BCUT2D eigenvalue weighted by Crippen LogP contribution is -2.38. The molecule has 9 nitrogen and oxygen atoms in total. The van der Waals surface area contributed by atoms with E-state index in [4.69, 9.17) is 19.3 Å². The maximum absolute atomic E-state index is 12.0. The van der Waals surface area contributed by atoms with Gasteiger partial charge in [-0.15, -0.1) is 0 Å². The Morgan fingerprint density at radius 1 is 1.41 bits per heavy atom. The highest BCUT2D eigenvalue weighted by Gasteiger charge is 2.46. The van der Waals surface area contributed by atoms with Crippen LogP contribution in [0.25, 0.3) is 0 Å². The summed E-state index contributed by atoms with van der Waals surface area (Å²) in [6.45, 7) is -0.452. The lowest BCUT2D eigenvalue weighted by atomic mass is 10.1. The molecular formula is C13H15NO8. The molecule has 1 aliphatic rings. The highest BCUT2D eigenvalue weighted by Crippen LogP contribution is 2.25. The van der Waals surface area contributed by atoms with Crippen LogP contribution in [0.5, 0.6) is 0 Å². The Labute approximate surface area is 125 Å². The molecule has 1 aromatic rings. The molecule has 1 aromatic carbocycles. The van der Waals surface area contributed by atoms with Gasteiger partial charge in [-0.1, -0.05) is 0 Å². The van der Waals surface area contributed by atoms with Gasteiger partial charge in [-0.2, -0.15) is 0 Å². The van der Waals surface area contributed by atoms with E-state index in [1.807, 2.05) is 0 Å². The number of non-ortho nitro benzene ring substituents is 1. The first-order valence-electron chi connectivity index (χ1n) is 6.40. The topological polar surface area (TPSA) is 128 Å². The largest absolute Gasteiger partial charge is 0.450 e. The zero-order valence-corrected chi connectivity index (χ0v) is 11.6. The van der Waals surface area contributed by atoms with Crippen molar-refractivity contribution >= 4 is 11.7 Å². The van der Waals surface area contributed by atoms with E-state index in [1.54, 1.807) is 0 Å². The van der Waals surface area contributed by atoms with E-state index in [0.29, 0.717) is 0 Å². The summed E-state index contributed by atoms with van der Waals surface area (Å²) < 4.78 is 15.3. The molecule has 0 radical (unpaired) electrons. The lowest BCUT2D eigenvalue weighted by molar-refractivity contribution is -0.384. The van der Waals surface area contributed by atoms with E-state index in [1.165, 1.54) is 31.4 Å². The second-order valence-corrected chi connectivity index (χ2v) is 4.63. The lowest BCUT2D eigenvalue weighted by Gasteiger charge is -2.19. The number of esters is 1. The first-order valence-corrected chi connectivity index (χ1v) is 6.40. The predicted molar refractivity (Wildman–Crippen MR) is 71.1 cm³/mol. The van der Waals surface area contributed by atoms with Gasteiger partial charge in [-0.3, -0.25) is 10.1 Å². The second-order valence-electron chi connectivity index (χ2n) is 4.63. The van der Waals surface area contributed by atoms with Crippen molar-refractivity contribution in [1.82, 2.24) is 0 Å². The van der Waals surface area contributed by atoms with Crippen LogP contribution >= 0.6 is 0 Å². The third kappa shape index (κ3) is 3.22. The number of rotatable bonds is 5. The molecule has 4 atom stereocenters. The van der Waals surface area contributed by atoms with Crippen molar-refractivity contribution in [3.63, 3.8) is 0 Å². The maximum atomic E-state index is 12.0. The molecule has 1 heterocycles. The number of hydrogen-bond acceptors (Lipinski definition) is 8. The summed E-state index contributed by atoms with van der Waals surface area (Å²) in [6.07, 6.45) is -4.27. The Bertz CT molecular complexity index is 543. The average molecular weight is 313 g/mol. The van der Waals surface area contributed by atoms with Crippen LogP contribution in [0.15, 0.2) is 24.3 Å². The van der Waals surface area contributed by atoms with Crippen molar-refractivity contribution < 1.29 is 34.1 Å². The fraction of sp³-hybridized carbons (Fsp3) is 0.462. The number of ether oxygens (including phenoxy) is 3. The smallest absolute Gasteiger partial charge is 0.338 e. The predicted octanol–water partition coefficient (Wildman–Crippen LogP) is -0.155. The van der Waals surface area contributed by atoms with Gasteiger partial charge in [0.25, 0.3) is 5.69 Å². The fourth-order valence-corrected chi connectivity index (χ4v) is 2.08. The van der Waals surface area contributed by atoms with E-state index in [-0.39, 0.29) is 11.3 Å². The molecule has 0 aliphatic carbocycles. The average Bonchev–Trinajstić information content (AvgIpc) is 2.83. The number of carbonyl (C=O) groups excluding carboxylic acids is 1. The molecule has 0 amide bonds. The Kier molecular flexibility index (Phi) is 5.03. The van der Waals surface area contributed by atoms with E-state index < -0.39 is 42.1 Å². The van der Waals surface area contributed by atoms with Crippen LogP contribution in [0, 0.1) is 10.1 Å². The molecule has 0 unspecified atom stereocenters. The molecule has 1 fully saturated rings. The maximum Gasteiger partial charge on any atom is 0.338 e. The zero-order chi connectivity index (χ0) is 16.3. The van der Waals surface area contributed by atoms with E-state index in [0.717, 1.165) is 0 Å². The van der Waals surface area contributed by atoms with Gasteiger partial charge in [0.15, 0.2) is 12.4 Å². The van der Waals surface area contributed by atoms with Crippen molar-refractivity contribution in [3.05, 3.63) is 39.9 Å². The number of nitrogens with zero attached hydrogens (tertiary/aromatic N) is 1. The van der Waals surface area contributed by atoms with Crippen LogP contribution in [-0.2, 0) is 14.2 Å². The second kappa shape index (κ2) is 6.79. The highest BCUT2D eigenvalue weighted by atomic mass is 16.7. The molecule has 22 heavy (non-hydrogen) atoms. The molecule has 120 valence electrons. The normalized spacial score (nSPS) is 27.6. The number of nitro benzene ring substituents is 1. The van der Waals surface area contributed by atoms with E-state index in [2.05, 4.69) is 0 Å². The minimum Gasteiger partial charge on any atom is -0.450 e. The van der Waals surface area contributed by atoms with Crippen molar-refractivity contribution in [3.8, 4) is 0 Å². The van der Waals surface area contributed by atoms with E-state index in [9.17, 15) is 20.0 Å². The number of carbonyl (C=O) groups is 1. The molecular weight excluding hydrogens is 298 g/mol. The van der Waals surface area contributed by atoms with Crippen LogP contribution < -0.4 is 0 Å². The van der Waals surface area contributed by atoms with E-state index >= 15 is 0 Å². The first kappa shape index (κ1) is 16.3. The number of benzene rings is 1. The monoisotopic (exact) mass is 313 g/mol. The van der Waals surface area contributed by atoms with Gasteiger partial charge in [0.2, 0.25) is 0 Å². The summed E-state index contributed by atoms with van der Waals surface area (Å²) in [5.41, 5.74) is -0.0731.